The molecule has 3 heterocycles. The molecule has 0 radical (unpaired) electrons. The Kier molecular flexibility index (Phi) is 4.05. The number of hydrogen-bond donors (Lipinski definition) is 0. The number of halogens is 1. The van der Waals surface area contributed by atoms with Gasteiger partial charge in [0.2, 0.25) is 0 Å². The van der Waals surface area contributed by atoms with Crippen LogP contribution in [0.5, 0.6) is 0 Å². The average molecular weight is 393 g/mol. The van der Waals surface area contributed by atoms with E-state index in [0.717, 1.165) is 22.3 Å². The molecular weight excluding hydrogens is 377 g/mol. The summed E-state index contributed by atoms with van der Waals surface area (Å²) < 4.78 is 15.8. The topological polar surface area (TPSA) is 54.3 Å². The lowest BCUT2D eigenvalue weighted by Gasteiger charge is -2.19. The zero-order valence-corrected chi connectivity index (χ0v) is 15.6. The van der Waals surface area contributed by atoms with Crippen molar-refractivity contribution in [3.63, 3.8) is 0 Å². The van der Waals surface area contributed by atoms with Crippen molar-refractivity contribution in [3.8, 4) is 5.69 Å². The number of amides is 2. The first kappa shape index (κ1) is 16.9. The van der Waals surface area contributed by atoms with Crippen LogP contribution >= 0.6 is 11.3 Å². The van der Waals surface area contributed by atoms with Crippen LogP contribution in [0.25, 0.3) is 16.6 Å². The van der Waals surface area contributed by atoms with Gasteiger partial charge in [-0.2, -0.15) is 5.10 Å². The van der Waals surface area contributed by atoms with Gasteiger partial charge in [-0.15, -0.1) is 11.3 Å². The number of nitrogens with zero attached hydrogens (tertiary/aromatic N) is 5. The Morgan fingerprint density at radius 1 is 1.07 bits per heavy atom. The van der Waals surface area contributed by atoms with Crippen molar-refractivity contribution in [2.45, 2.75) is 6.54 Å². The summed E-state index contributed by atoms with van der Waals surface area (Å²) in [6, 6.07) is 12.1. The smallest absolute Gasteiger partial charge is 0.317 e. The third-order valence-electron chi connectivity index (χ3n) is 4.89. The van der Waals surface area contributed by atoms with Crippen LogP contribution in [0, 0.1) is 5.82 Å². The van der Waals surface area contributed by atoms with E-state index in [0.29, 0.717) is 25.3 Å². The van der Waals surface area contributed by atoms with Gasteiger partial charge in [-0.25, -0.2) is 18.9 Å². The molecule has 2 aromatic carbocycles. The summed E-state index contributed by atoms with van der Waals surface area (Å²) in [5, 5.41) is 7.15. The second kappa shape index (κ2) is 6.72. The summed E-state index contributed by atoms with van der Waals surface area (Å²) in [6.45, 7) is 1.73. The van der Waals surface area contributed by atoms with Crippen LogP contribution in [0.15, 0.2) is 59.6 Å². The van der Waals surface area contributed by atoms with Gasteiger partial charge in [0.15, 0.2) is 0 Å². The number of para-hydroxylation sites is 1. The second-order valence-corrected chi connectivity index (χ2v) is 7.27. The maximum absolute atomic E-state index is 14.2. The van der Waals surface area contributed by atoms with Gasteiger partial charge in [0, 0.05) is 23.9 Å². The summed E-state index contributed by atoms with van der Waals surface area (Å²) in [7, 11) is 0. The maximum Gasteiger partial charge on any atom is 0.324 e. The first-order valence-corrected chi connectivity index (χ1v) is 9.82. The molecule has 4 aromatic rings. The third kappa shape index (κ3) is 2.73. The summed E-state index contributed by atoms with van der Waals surface area (Å²) in [4.78, 5) is 20.8. The fraction of sp³-hybridized carbons (Fsp3) is 0.150. The van der Waals surface area contributed by atoms with Crippen LogP contribution in [0.4, 0.5) is 14.9 Å². The van der Waals surface area contributed by atoms with Crippen molar-refractivity contribution >= 4 is 34.0 Å². The van der Waals surface area contributed by atoms with Crippen molar-refractivity contribution in [2.24, 2.45) is 0 Å². The minimum Gasteiger partial charge on any atom is -0.317 e. The summed E-state index contributed by atoms with van der Waals surface area (Å²) in [6.07, 6.45) is 1.69. The molecule has 2 amide bonds. The molecule has 1 saturated heterocycles. The predicted octanol–water partition coefficient (Wildman–Crippen LogP) is 4.06. The molecule has 8 heteroatoms. The van der Waals surface area contributed by atoms with Crippen molar-refractivity contribution in [3.05, 3.63) is 71.1 Å². The van der Waals surface area contributed by atoms with Gasteiger partial charge >= 0.3 is 6.03 Å². The van der Waals surface area contributed by atoms with Gasteiger partial charge in [0.1, 0.15) is 11.5 Å². The van der Waals surface area contributed by atoms with E-state index in [2.05, 4.69) is 10.1 Å². The standard InChI is InChI=1S/C20H16FN5OS/c21-16-4-1-2-5-19(16)26-18-7-3-6-17(15(18)10-23-26)25-9-8-24(20(25)27)11-14-12-28-13-22-14/h1-7,10,12-13H,8-9,11H2. The van der Waals surface area contributed by atoms with Crippen LogP contribution in [-0.2, 0) is 6.54 Å². The first-order chi connectivity index (χ1) is 13.7. The highest BCUT2D eigenvalue weighted by Crippen LogP contribution is 2.31. The summed E-state index contributed by atoms with van der Waals surface area (Å²) >= 11 is 1.52. The molecule has 0 unspecified atom stereocenters. The van der Waals surface area contributed by atoms with E-state index < -0.39 is 0 Å². The lowest BCUT2D eigenvalue weighted by molar-refractivity contribution is 0.218. The Hall–Kier alpha value is -3.26. The largest absolute Gasteiger partial charge is 0.324 e. The number of hydrogen-bond acceptors (Lipinski definition) is 4. The molecule has 140 valence electrons. The van der Waals surface area contributed by atoms with Gasteiger partial charge < -0.3 is 4.90 Å². The molecular formula is C20H16FN5OS. The van der Waals surface area contributed by atoms with Gasteiger partial charge in [-0.1, -0.05) is 18.2 Å². The van der Waals surface area contributed by atoms with E-state index in [1.165, 1.54) is 17.4 Å². The summed E-state index contributed by atoms with van der Waals surface area (Å²) in [5.74, 6) is -0.343. The molecule has 1 aliphatic heterocycles. The van der Waals surface area contributed by atoms with E-state index in [1.807, 2.05) is 23.6 Å². The molecule has 0 bridgehead atoms. The molecule has 0 N–H and O–H groups in total. The Bertz CT molecular complexity index is 1160. The van der Waals surface area contributed by atoms with Gasteiger partial charge in [0.05, 0.1) is 35.2 Å². The van der Waals surface area contributed by atoms with Crippen molar-refractivity contribution in [1.29, 1.82) is 0 Å². The number of carbonyl (C=O) groups is 1. The first-order valence-electron chi connectivity index (χ1n) is 8.87. The molecule has 2 aromatic heterocycles. The lowest BCUT2D eigenvalue weighted by atomic mass is 10.2. The van der Waals surface area contributed by atoms with Crippen molar-refractivity contribution in [1.82, 2.24) is 19.7 Å². The van der Waals surface area contributed by atoms with E-state index in [-0.39, 0.29) is 11.8 Å². The number of fused-ring (bicyclic) bond motifs is 1. The molecule has 0 aliphatic carbocycles. The van der Waals surface area contributed by atoms with Crippen LogP contribution in [-0.4, -0.2) is 38.8 Å². The number of urea groups is 1. The highest BCUT2D eigenvalue weighted by molar-refractivity contribution is 7.07. The summed E-state index contributed by atoms with van der Waals surface area (Å²) in [5.41, 5.74) is 4.59. The highest BCUT2D eigenvalue weighted by atomic mass is 32.1. The number of thiazole rings is 1. The lowest BCUT2D eigenvalue weighted by Crippen LogP contribution is -2.31. The highest BCUT2D eigenvalue weighted by Gasteiger charge is 2.31. The number of benzene rings is 2. The molecule has 0 saturated carbocycles. The van der Waals surface area contributed by atoms with E-state index >= 15 is 0 Å². The zero-order chi connectivity index (χ0) is 19.1. The normalized spacial score (nSPS) is 14.4. The van der Waals surface area contributed by atoms with Gasteiger partial charge in [-0.05, 0) is 24.3 Å². The Labute approximate surface area is 164 Å². The second-order valence-electron chi connectivity index (χ2n) is 6.55. The van der Waals surface area contributed by atoms with Crippen LogP contribution in [0.3, 0.4) is 0 Å². The Morgan fingerprint density at radius 2 is 1.93 bits per heavy atom. The molecule has 1 aliphatic rings. The monoisotopic (exact) mass is 393 g/mol. The number of carbonyl (C=O) groups excluding carboxylic acids is 1. The Morgan fingerprint density at radius 3 is 2.75 bits per heavy atom. The molecule has 0 spiro atoms. The fourth-order valence-corrected chi connectivity index (χ4v) is 4.10. The fourth-order valence-electron chi connectivity index (χ4n) is 3.55. The molecule has 1 fully saturated rings. The van der Waals surface area contributed by atoms with Crippen molar-refractivity contribution in [2.75, 3.05) is 18.0 Å². The number of rotatable bonds is 4. The quantitative estimate of drug-likeness (QED) is 0.525. The van der Waals surface area contributed by atoms with Crippen LogP contribution in [0.1, 0.15) is 5.69 Å². The van der Waals surface area contributed by atoms with E-state index in [4.69, 9.17) is 0 Å². The number of anilines is 1. The minimum absolute atomic E-state index is 0.0564. The minimum atomic E-state index is -0.343. The van der Waals surface area contributed by atoms with Crippen LogP contribution < -0.4 is 4.90 Å². The van der Waals surface area contributed by atoms with E-state index in [1.54, 1.807) is 44.4 Å². The van der Waals surface area contributed by atoms with E-state index in [9.17, 15) is 9.18 Å². The maximum atomic E-state index is 14.2. The molecule has 0 atom stereocenters. The zero-order valence-electron chi connectivity index (χ0n) is 14.8. The Balaban J connectivity index is 1.50. The van der Waals surface area contributed by atoms with Crippen LogP contribution in [0.2, 0.25) is 0 Å². The third-order valence-corrected chi connectivity index (χ3v) is 5.53. The molecule has 6 nitrogen and oxygen atoms in total. The van der Waals surface area contributed by atoms with Gasteiger partial charge in [-0.3, -0.25) is 4.90 Å². The SMILES string of the molecule is O=C1N(Cc2cscn2)CCN1c1cccc2c1cnn2-c1ccccc1F. The molecule has 5 rings (SSSR count). The molecule has 28 heavy (non-hydrogen) atoms. The predicted molar refractivity (Wildman–Crippen MR) is 106 cm³/mol. The average Bonchev–Trinajstić information content (AvgIpc) is 3.44. The van der Waals surface area contributed by atoms with Crippen molar-refractivity contribution < 1.29 is 9.18 Å². The number of aromatic nitrogens is 3. The van der Waals surface area contributed by atoms with Gasteiger partial charge in [0.25, 0.3) is 0 Å².